The van der Waals surface area contributed by atoms with E-state index in [-0.39, 0.29) is 11.9 Å². The van der Waals surface area contributed by atoms with Crippen LogP contribution >= 0.6 is 11.8 Å². The Hall–Kier alpha value is -2.42. The summed E-state index contributed by atoms with van der Waals surface area (Å²) in [6.45, 7) is 0.541. The molecule has 21 heavy (non-hydrogen) atoms. The summed E-state index contributed by atoms with van der Waals surface area (Å²) in [5, 5.41) is 11.3. The number of aryl methyl sites for hydroxylation is 1. The molecule has 1 amide bonds. The third kappa shape index (κ3) is 4.88. The van der Waals surface area contributed by atoms with Gasteiger partial charge in [-0.3, -0.25) is 4.79 Å². The van der Waals surface area contributed by atoms with Crippen molar-refractivity contribution in [2.45, 2.75) is 5.16 Å². The molecule has 0 unspecified atom stereocenters. The Labute approximate surface area is 125 Å². The number of nitrogens with zero attached hydrogens (tertiary/aromatic N) is 5. The van der Waals surface area contributed by atoms with E-state index in [1.54, 1.807) is 24.8 Å². The molecule has 0 bridgehead atoms. The first-order valence-corrected chi connectivity index (χ1v) is 7.14. The molecular weight excluding hydrogens is 290 g/mol. The van der Waals surface area contributed by atoms with Gasteiger partial charge in [-0.05, 0) is 6.08 Å². The predicted octanol–water partition coefficient (Wildman–Crippen LogP) is 0.109. The molecule has 110 valence electrons. The van der Waals surface area contributed by atoms with Crippen molar-refractivity contribution >= 4 is 29.7 Å². The molecule has 3 N–H and O–H groups in total. The second kappa shape index (κ2) is 7.39. The van der Waals surface area contributed by atoms with Crippen LogP contribution in [0, 0.1) is 0 Å². The molecular formula is C12H15N7OS. The summed E-state index contributed by atoms with van der Waals surface area (Å²) in [6.07, 6.45) is 7.80. The first-order chi connectivity index (χ1) is 10.1. The number of nitrogen functional groups attached to an aromatic ring is 1. The van der Waals surface area contributed by atoms with Crippen molar-refractivity contribution in [2.24, 2.45) is 7.05 Å². The van der Waals surface area contributed by atoms with Crippen molar-refractivity contribution < 1.29 is 4.79 Å². The number of nitrogens with one attached hydrogen (secondary N) is 1. The Bertz CT molecular complexity index is 623. The molecule has 0 saturated carbocycles. The molecule has 0 saturated heterocycles. The van der Waals surface area contributed by atoms with Gasteiger partial charge in [0.25, 0.3) is 0 Å². The number of amides is 1. The largest absolute Gasteiger partial charge is 0.368 e. The van der Waals surface area contributed by atoms with Crippen LogP contribution in [0.4, 0.5) is 5.95 Å². The Morgan fingerprint density at radius 1 is 1.48 bits per heavy atom. The molecule has 0 spiro atoms. The zero-order chi connectivity index (χ0) is 15.1. The summed E-state index contributed by atoms with van der Waals surface area (Å²) in [5.41, 5.74) is 6.09. The minimum Gasteiger partial charge on any atom is -0.368 e. The topological polar surface area (TPSA) is 112 Å². The van der Waals surface area contributed by atoms with Gasteiger partial charge < -0.3 is 15.6 Å². The van der Waals surface area contributed by atoms with E-state index in [9.17, 15) is 4.79 Å². The SMILES string of the molecule is Cn1cnnc1SCCNC(=O)/C=C/c1cnc(N)nc1. The van der Waals surface area contributed by atoms with E-state index in [0.29, 0.717) is 12.1 Å². The standard InChI is InChI=1S/C12H15N7OS/c1-19-8-17-18-12(19)21-5-4-14-10(20)3-2-9-6-15-11(13)16-7-9/h2-3,6-8H,4-5H2,1H3,(H,14,20)(H2,13,15,16)/b3-2+. The van der Waals surface area contributed by atoms with Crippen LogP contribution in [0.2, 0.25) is 0 Å². The molecule has 2 rings (SSSR count). The van der Waals surface area contributed by atoms with E-state index >= 15 is 0 Å². The molecule has 0 radical (unpaired) electrons. The van der Waals surface area contributed by atoms with Crippen LogP contribution in [-0.4, -0.2) is 42.9 Å². The molecule has 2 heterocycles. The zero-order valence-corrected chi connectivity index (χ0v) is 12.2. The molecule has 2 aromatic heterocycles. The van der Waals surface area contributed by atoms with Crippen LogP contribution in [-0.2, 0) is 11.8 Å². The summed E-state index contributed by atoms with van der Waals surface area (Å²) in [4.78, 5) is 19.3. The van der Waals surface area contributed by atoms with Crippen LogP contribution < -0.4 is 11.1 Å². The number of aromatic nitrogens is 5. The molecule has 0 aromatic carbocycles. The quantitative estimate of drug-likeness (QED) is 0.442. The fourth-order valence-corrected chi connectivity index (χ4v) is 2.13. The Morgan fingerprint density at radius 3 is 2.90 bits per heavy atom. The van der Waals surface area contributed by atoms with E-state index < -0.39 is 0 Å². The van der Waals surface area contributed by atoms with Crippen molar-refractivity contribution in [3.05, 3.63) is 30.4 Å². The van der Waals surface area contributed by atoms with Crippen LogP contribution in [0.3, 0.4) is 0 Å². The molecule has 0 aliphatic carbocycles. The third-order valence-corrected chi connectivity index (χ3v) is 3.46. The maximum absolute atomic E-state index is 11.6. The van der Waals surface area contributed by atoms with Crippen molar-refractivity contribution in [2.75, 3.05) is 18.0 Å². The van der Waals surface area contributed by atoms with Crippen molar-refractivity contribution in [1.82, 2.24) is 30.0 Å². The number of rotatable bonds is 6. The van der Waals surface area contributed by atoms with Gasteiger partial charge in [-0.1, -0.05) is 11.8 Å². The minimum atomic E-state index is -0.176. The molecule has 0 aliphatic rings. The van der Waals surface area contributed by atoms with Gasteiger partial charge in [-0.2, -0.15) is 0 Å². The fourth-order valence-electron chi connectivity index (χ4n) is 1.38. The van der Waals surface area contributed by atoms with Gasteiger partial charge in [0.15, 0.2) is 5.16 Å². The number of anilines is 1. The second-order valence-electron chi connectivity index (χ2n) is 4.07. The monoisotopic (exact) mass is 305 g/mol. The number of hydrogen-bond acceptors (Lipinski definition) is 7. The summed E-state index contributed by atoms with van der Waals surface area (Å²) in [5.74, 6) is 0.750. The summed E-state index contributed by atoms with van der Waals surface area (Å²) < 4.78 is 1.83. The number of carbonyl (C=O) groups is 1. The summed E-state index contributed by atoms with van der Waals surface area (Å²) in [7, 11) is 1.87. The highest BCUT2D eigenvalue weighted by Crippen LogP contribution is 2.11. The van der Waals surface area contributed by atoms with Crippen LogP contribution in [0.1, 0.15) is 5.56 Å². The van der Waals surface area contributed by atoms with E-state index in [1.807, 2.05) is 11.6 Å². The molecule has 0 atom stereocenters. The van der Waals surface area contributed by atoms with Gasteiger partial charge in [0, 0.05) is 43.4 Å². The van der Waals surface area contributed by atoms with Gasteiger partial charge in [-0.15, -0.1) is 10.2 Å². The first-order valence-electron chi connectivity index (χ1n) is 6.15. The molecule has 8 nitrogen and oxygen atoms in total. The molecule has 9 heteroatoms. The highest BCUT2D eigenvalue weighted by Gasteiger charge is 2.01. The second-order valence-corrected chi connectivity index (χ2v) is 5.13. The highest BCUT2D eigenvalue weighted by molar-refractivity contribution is 7.99. The summed E-state index contributed by atoms with van der Waals surface area (Å²) >= 11 is 1.53. The maximum atomic E-state index is 11.6. The fraction of sp³-hybridized carbons (Fsp3) is 0.250. The molecule has 2 aromatic rings. The lowest BCUT2D eigenvalue weighted by atomic mass is 10.3. The number of carbonyl (C=O) groups excluding carboxylic acids is 1. The van der Waals surface area contributed by atoms with E-state index in [0.717, 1.165) is 10.9 Å². The van der Waals surface area contributed by atoms with E-state index in [4.69, 9.17) is 5.73 Å². The Morgan fingerprint density at radius 2 is 2.24 bits per heavy atom. The Balaban J connectivity index is 1.70. The van der Waals surface area contributed by atoms with E-state index in [1.165, 1.54) is 17.8 Å². The van der Waals surface area contributed by atoms with Gasteiger partial charge in [-0.25, -0.2) is 9.97 Å². The normalized spacial score (nSPS) is 10.9. The van der Waals surface area contributed by atoms with Gasteiger partial charge in [0.2, 0.25) is 11.9 Å². The van der Waals surface area contributed by atoms with Gasteiger partial charge in [0.05, 0.1) is 0 Å². The number of nitrogens with two attached hydrogens (primary N) is 1. The van der Waals surface area contributed by atoms with E-state index in [2.05, 4.69) is 25.5 Å². The lowest BCUT2D eigenvalue weighted by Gasteiger charge is -2.01. The minimum absolute atomic E-state index is 0.176. The first kappa shape index (κ1) is 15.0. The van der Waals surface area contributed by atoms with Crippen molar-refractivity contribution in [3.8, 4) is 0 Å². The number of hydrogen-bond donors (Lipinski definition) is 2. The van der Waals surface area contributed by atoms with Crippen molar-refractivity contribution in [3.63, 3.8) is 0 Å². The summed E-state index contributed by atoms with van der Waals surface area (Å²) in [6, 6.07) is 0. The third-order valence-electron chi connectivity index (χ3n) is 2.42. The average molecular weight is 305 g/mol. The van der Waals surface area contributed by atoms with Crippen LogP contribution in [0.5, 0.6) is 0 Å². The van der Waals surface area contributed by atoms with Crippen molar-refractivity contribution in [1.29, 1.82) is 0 Å². The van der Waals surface area contributed by atoms with Crippen LogP contribution in [0.25, 0.3) is 6.08 Å². The zero-order valence-electron chi connectivity index (χ0n) is 11.4. The predicted molar refractivity (Wildman–Crippen MR) is 80.2 cm³/mol. The maximum Gasteiger partial charge on any atom is 0.244 e. The highest BCUT2D eigenvalue weighted by atomic mass is 32.2. The van der Waals surface area contributed by atoms with Gasteiger partial charge >= 0.3 is 0 Å². The smallest absolute Gasteiger partial charge is 0.244 e. The lowest BCUT2D eigenvalue weighted by molar-refractivity contribution is -0.116. The molecule has 0 aliphatic heterocycles. The van der Waals surface area contributed by atoms with Crippen LogP contribution in [0.15, 0.2) is 30.0 Å². The van der Waals surface area contributed by atoms with Gasteiger partial charge in [0.1, 0.15) is 6.33 Å². The average Bonchev–Trinajstić information content (AvgIpc) is 2.88. The number of thioether (sulfide) groups is 1. The Kier molecular flexibility index (Phi) is 5.27. The molecule has 0 fully saturated rings. The lowest BCUT2D eigenvalue weighted by Crippen LogP contribution is -2.23.